The number of hydroxylamine groups is 2. The monoisotopic (exact) mass is 249 g/mol. The van der Waals surface area contributed by atoms with Gasteiger partial charge in [-0.2, -0.15) is 4.99 Å². The van der Waals surface area contributed by atoms with Crippen LogP contribution in [0.25, 0.3) is 0 Å². The summed E-state index contributed by atoms with van der Waals surface area (Å²) in [6.07, 6.45) is 1.76. The summed E-state index contributed by atoms with van der Waals surface area (Å²) in [7, 11) is 1.49. The van der Waals surface area contributed by atoms with Gasteiger partial charge < -0.3 is 11.5 Å². The molecule has 0 aliphatic carbocycles. The molecule has 0 heterocycles. The topological polar surface area (TPSA) is 101 Å². The van der Waals surface area contributed by atoms with E-state index in [9.17, 15) is 0 Å². The fourth-order valence-corrected chi connectivity index (χ4v) is 1.53. The highest BCUT2D eigenvalue weighted by Gasteiger charge is 2.08. The van der Waals surface area contributed by atoms with E-state index in [0.29, 0.717) is 6.54 Å². The molecule has 1 aromatic carbocycles. The average molecular weight is 249 g/mol. The Morgan fingerprint density at radius 1 is 1.33 bits per heavy atom. The Hall–Kier alpha value is -2.08. The highest BCUT2D eigenvalue weighted by Crippen LogP contribution is 2.04. The minimum atomic E-state index is -0.148. The van der Waals surface area contributed by atoms with Crippen molar-refractivity contribution < 1.29 is 4.84 Å². The maximum absolute atomic E-state index is 7.61. The van der Waals surface area contributed by atoms with Crippen molar-refractivity contribution in [3.8, 4) is 0 Å². The molecule has 6 heteroatoms. The Morgan fingerprint density at radius 3 is 2.56 bits per heavy atom. The van der Waals surface area contributed by atoms with E-state index in [2.05, 4.69) is 17.1 Å². The van der Waals surface area contributed by atoms with Crippen molar-refractivity contribution in [3.63, 3.8) is 0 Å². The quantitative estimate of drug-likeness (QED) is 0.406. The first kappa shape index (κ1) is 14.0. The predicted molar refractivity (Wildman–Crippen MR) is 72.0 cm³/mol. The molecule has 0 aliphatic heterocycles. The lowest BCUT2D eigenvalue weighted by Crippen LogP contribution is -2.33. The normalized spacial score (nSPS) is 9.83. The van der Waals surface area contributed by atoms with E-state index in [1.165, 1.54) is 17.7 Å². The molecule has 0 aliphatic rings. The van der Waals surface area contributed by atoms with Crippen LogP contribution in [0.4, 0.5) is 0 Å². The minimum Gasteiger partial charge on any atom is -0.370 e. The number of nitrogens with one attached hydrogen (secondary N) is 1. The Kier molecular flexibility index (Phi) is 5.66. The Balaban J connectivity index is 2.41. The van der Waals surface area contributed by atoms with Gasteiger partial charge in [-0.3, -0.25) is 10.2 Å². The van der Waals surface area contributed by atoms with Crippen LogP contribution in [0.15, 0.2) is 35.3 Å². The maximum Gasteiger partial charge on any atom is 0.245 e. The first-order valence-corrected chi connectivity index (χ1v) is 5.67. The molecule has 0 atom stereocenters. The molecule has 0 unspecified atom stereocenters. The summed E-state index contributed by atoms with van der Waals surface area (Å²) in [6, 6.07) is 10.1. The second-order valence-electron chi connectivity index (χ2n) is 3.73. The lowest BCUT2D eigenvalue weighted by atomic mass is 10.1. The van der Waals surface area contributed by atoms with E-state index in [4.69, 9.17) is 21.7 Å². The summed E-state index contributed by atoms with van der Waals surface area (Å²) in [5.74, 6) is -0.240. The molecule has 0 amide bonds. The van der Waals surface area contributed by atoms with Crippen molar-refractivity contribution in [1.29, 1.82) is 5.41 Å². The third-order valence-electron chi connectivity index (χ3n) is 2.36. The van der Waals surface area contributed by atoms with Gasteiger partial charge in [-0.05, 0) is 18.4 Å². The third kappa shape index (κ3) is 4.84. The number of hydrogen-bond donors (Lipinski definition) is 3. The van der Waals surface area contributed by atoms with Crippen LogP contribution in [0.5, 0.6) is 0 Å². The highest BCUT2D eigenvalue weighted by molar-refractivity contribution is 5.91. The fraction of sp³-hybridized carbons (Fsp3) is 0.333. The van der Waals surface area contributed by atoms with Gasteiger partial charge in [-0.1, -0.05) is 30.3 Å². The van der Waals surface area contributed by atoms with Crippen LogP contribution < -0.4 is 11.5 Å². The smallest absolute Gasteiger partial charge is 0.245 e. The fourth-order valence-electron chi connectivity index (χ4n) is 1.53. The SMILES string of the molecule is CON(CCCc1ccccc1)C(=N)N=C(N)N. The summed E-state index contributed by atoms with van der Waals surface area (Å²) < 4.78 is 0. The van der Waals surface area contributed by atoms with Crippen LogP contribution in [0.1, 0.15) is 12.0 Å². The van der Waals surface area contributed by atoms with Gasteiger partial charge in [0, 0.05) is 6.54 Å². The Bertz CT molecular complexity index is 400. The van der Waals surface area contributed by atoms with Gasteiger partial charge in [0.1, 0.15) is 0 Å². The standard InChI is InChI=1S/C12H19N5O/c1-18-17(12(15)16-11(13)14)9-5-8-10-6-3-2-4-7-10/h2-4,6-7H,5,8-9H2,1H3,(H5,13,14,15,16). The molecular formula is C12H19N5O. The number of benzene rings is 1. The number of aryl methyl sites for hydroxylation is 1. The molecule has 18 heavy (non-hydrogen) atoms. The van der Waals surface area contributed by atoms with Crippen molar-refractivity contribution in [2.75, 3.05) is 13.7 Å². The zero-order chi connectivity index (χ0) is 13.4. The average Bonchev–Trinajstić information content (AvgIpc) is 2.35. The molecule has 0 bridgehead atoms. The van der Waals surface area contributed by atoms with E-state index in [0.717, 1.165) is 12.8 Å². The Morgan fingerprint density at radius 2 is 2.00 bits per heavy atom. The van der Waals surface area contributed by atoms with E-state index in [1.54, 1.807) is 0 Å². The summed E-state index contributed by atoms with van der Waals surface area (Å²) in [5.41, 5.74) is 11.7. The molecule has 0 aromatic heterocycles. The molecule has 0 spiro atoms. The zero-order valence-corrected chi connectivity index (χ0v) is 10.5. The second-order valence-corrected chi connectivity index (χ2v) is 3.73. The molecule has 1 aromatic rings. The number of nitrogens with zero attached hydrogens (tertiary/aromatic N) is 2. The number of hydrogen-bond acceptors (Lipinski definition) is 2. The van der Waals surface area contributed by atoms with Crippen LogP contribution in [-0.4, -0.2) is 30.6 Å². The lowest BCUT2D eigenvalue weighted by molar-refractivity contribution is -0.0670. The number of guanidine groups is 2. The van der Waals surface area contributed by atoms with Crippen molar-refractivity contribution in [2.45, 2.75) is 12.8 Å². The first-order valence-electron chi connectivity index (χ1n) is 5.67. The van der Waals surface area contributed by atoms with Crippen molar-refractivity contribution >= 4 is 11.9 Å². The summed E-state index contributed by atoms with van der Waals surface area (Å²) in [5, 5.41) is 8.96. The summed E-state index contributed by atoms with van der Waals surface area (Å²) >= 11 is 0. The molecule has 0 saturated heterocycles. The number of nitrogens with two attached hydrogens (primary N) is 2. The molecule has 6 nitrogen and oxygen atoms in total. The van der Waals surface area contributed by atoms with Crippen LogP contribution in [0, 0.1) is 5.41 Å². The third-order valence-corrected chi connectivity index (χ3v) is 2.36. The molecule has 0 saturated carbocycles. The zero-order valence-electron chi connectivity index (χ0n) is 10.5. The van der Waals surface area contributed by atoms with Gasteiger partial charge in [0.25, 0.3) is 0 Å². The summed E-state index contributed by atoms with van der Waals surface area (Å²) in [4.78, 5) is 8.67. The van der Waals surface area contributed by atoms with Crippen molar-refractivity contribution in [3.05, 3.63) is 35.9 Å². The molecule has 1 rings (SSSR count). The molecular weight excluding hydrogens is 230 g/mol. The van der Waals surface area contributed by atoms with E-state index >= 15 is 0 Å². The van der Waals surface area contributed by atoms with Crippen molar-refractivity contribution in [1.82, 2.24) is 5.06 Å². The lowest BCUT2D eigenvalue weighted by Gasteiger charge is -2.19. The minimum absolute atomic E-state index is 0.0921. The predicted octanol–water partition coefficient (Wildman–Crippen LogP) is 0.691. The van der Waals surface area contributed by atoms with Gasteiger partial charge in [-0.15, -0.1) is 0 Å². The van der Waals surface area contributed by atoms with Crippen LogP contribution in [0.2, 0.25) is 0 Å². The van der Waals surface area contributed by atoms with Gasteiger partial charge >= 0.3 is 0 Å². The van der Waals surface area contributed by atoms with Gasteiger partial charge in [0.15, 0.2) is 5.96 Å². The highest BCUT2D eigenvalue weighted by atomic mass is 16.7. The van der Waals surface area contributed by atoms with Gasteiger partial charge in [0.05, 0.1) is 7.11 Å². The molecule has 98 valence electrons. The molecule has 5 N–H and O–H groups in total. The second kappa shape index (κ2) is 7.29. The van der Waals surface area contributed by atoms with Crippen LogP contribution in [0.3, 0.4) is 0 Å². The van der Waals surface area contributed by atoms with Crippen LogP contribution in [-0.2, 0) is 11.3 Å². The van der Waals surface area contributed by atoms with E-state index < -0.39 is 0 Å². The summed E-state index contributed by atoms with van der Waals surface area (Å²) in [6.45, 7) is 0.557. The Labute approximate surface area is 107 Å². The maximum atomic E-state index is 7.61. The number of aliphatic imine (C=N–C) groups is 1. The largest absolute Gasteiger partial charge is 0.370 e. The van der Waals surface area contributed by atoms with Crippen molar-refractivity contribution in [2.24, 2.45) is 16.5 Å². The molecule has 0 fully saturated rings. The van der Waals surface area contributed by atoms with Gasteiger partial charge in [0.2, 0.25) is 5.96 Å². The molecule has 0 radical (unpaired) electrons. The first-order chi connectivity index (χ1) is 8.63. The van der Waals surface area contributed by atoms with Gasteiger partial charge in [-0.25, -0.2) is 5.06 Å². The van der Waals surface area contributed by atoms with E-state index in [1.807, 2.05) is 18.2 Å². The van der Waals surface area contributed by atoms with Crippen LogP contribution >= 0.6 is 0 Å². The number of rotatable bonds is 5. The van der Waals surface area contributed by atoms with E-state index in [-0.39, 0.29) is 11.9 Å².